The summed E-state index contributed by atoms with van der Waals surface area (Å²) in [5.41, 5.74) is 9.98. The number of aromatic nitrogens is 5. The van der Waals surface area contributed by atoms with Crippen molar-refractivity contribution >= 4 is 32.8 Å². The van der Waals surface area contributed by atoms with Gasteiger partial charge in [-0.1, -0.05) is 120 Å². The van der Waals surface area contributed by atoms with Gasteiger partial charge >= 0.3 is 0 Å². The van der Waals surface area contributed by atoms with Gasteiger partial charge in [-0.25, -0.2) is 4.98 Å². The maximum atomic E-state index is 6.63. The molecule has 0 atom stereocenters. The number of rotatable bonds is 6. The minimum absolute atomic E-state index is 0.00686. The van der Waals surface area contributed by atoms with E-state index in [0.29, 0.717) is 11.6 Å². The van der Waals surface area contributed by atoms with E-state index in [4.69, 9.17) is 14.7 Å². The molecule has 0 N–H and O–H groups in total. The zero-order chi connectivity index (χ0) is 37.9. The van der Waals surface area contributed by atoms with Crippen molar-refractivity contribution in [3.8, 4) is 39.9 Å². The monoisotopic (exact) mass is 717 g/mol. The van der Waals surface area contributed by atoms with Crippen LogP contribution in [-0.2, 0) is 10.8 Å². The van der Waals surface area contributed by atoms with Crippen molar-refractivity contribution in [2.75, 3.05) is 0 Å². The Balaban J connectivity index is 1.12. The number of benzene rings is 5. The lowest BCUT2D eigenvalue weighted by atomic mass is 9.85. The van der Waals surface area contributed by atoms with Gasteiger partial charge in [0.1, 0.15) is 17.3 Å². The maximum Gasteiger partial charge on any atom is 0.271 e. The van der Waals surface area contributed by atoms with Crippen LogP contribution in [0.3, 0.4) is 0 Å². The van der Waals surface area contributed by atoms with Gasteiger partial charge in [-0.3, -0.25) is 18.7 Å². The number of pyridine rings is 2. The molecule has 0 amide bonds. The van der Waals surface area contributed by atoms with Crippen molar-refractivity contribution < 1.29 is 9.30 Å². The smallest absolute Gasteiger partial charge is 0.271 e. The molecule has 0 aliphatic heterocycles. The van der Waals surface area contributed by atoms with E-state index in [2.05, 4.69) is 178 Å². The molecular weight excluding hydrogens is 675 g/mol. The van der Waals surface area contributed by atoms with Crippen LogP contribution in [0, 0.1) is 6.33 Å². The minimum atomic E-state index is -0.0456. The van der Waals surface area contributed by atoms with Crippen LogP contribution in [0.2, 0.25) is 0 Å². The van der Waals surface area contributed by atoms with Gasteiger partial charge in [-0.15, -0.1) is 0 Å². The summed E-state index contributed by atoms with van der Waals surface area (Å²) >= 11 is 0. The third-order valence-corrected chi connectivity index (χ3v) is 10.4. The summed E-state index contributed by atoms with van der Waals surface area (Å²) in [7, 11) is 0. The van der Waals surface area contributed by atoms with E-state index in [9.17, 15) is 0 Å². The standard InChI is InChI=1S/C49H43N5O/c1-48(2,3)35-22-24-51-47(29-35)54-42-17-11-10-16-40(42)41-21-20-38(30-45(41)54)55-39-23-25-50-46(31-39)53-32-52(43-18-12-13-19-44(43)53)37-27-34(33-14-8-7-9-15-33)26-36(28-37)49(4,5)6/h7-31H,1-6H3. The molecule has 5 aromatic carbocycles. The van der Waals surface area contributed by atoms with Crippen molar-refractivity contribution in [1.82, 2.24) is 19.1 Å². The molecule has 0 radical (unpaired) electrons. The van der Waals surface area contributed by atoms with Crippen LogP contribution >= 0.6 is 0 Å². The van der Waals surface area contributed by atoms with Crippen molar-refractivity contribution in [3.05, 3.63) is 169 Å². The molecule has 0 unspecified atom stereocenters. The summed E-state index contributed by atoms with van der Waals surface area (Å²) in [6.45, 7) is 13.5. The van der Waals surface area contributed by atoms with Crippen molar-refractivity contribution in [1.29, 1.82) is 0 Å². The van der Waals surface area contributed by atoms with Gasteiger partial charge in [0, 0.05) is 35.3 Å². The van der Waals surface area contributed by atoms with E-state index in [1.165, 1.54) is 27.6 Å². The second kappa shape index (κ2) is 13.1. The van der Waals surface area contributed by atoms with Gasteiger partial charge in [0.25, 0.3) is 6.33 Å². The fraction of sp³-hybridized carbons (Fsp3) is 0.163. The second-order valence-corrected chi connectivity index (χ2v) is 16.3. The summed E-state index contributed by atoms with van der Waals surface area (Å²) < 4.78 is 13.0. The van der Waals surface area contributed by atoms with Crippen molar-refractivity contribution in [2.24, 2.45) is 0 Å². The largest absolute Gasteiger partial charge is 0.458 e. The Labute approximate surface area is 322 Å². The Morgan fingerprint density at radius 2 is 1.20 bits per heavy atom. The highest BCUT2D eigenvalue weighted by Crippen LogP contribution is 2.36. The maximum absolute atomic E-state index is 6.63. The lowest BCUT2D eigenvalue weighted by Gasteiger charge is -2.22. The molecule has 4 aromatic heterocycles. The Kier molecular flexibility index (Phi) is 8.16. The van der Waals surface area contributed by atoms with Crippen LogP contribution in [0.15, 0.2) is 152 Å². The van der Waals surface area contributed by atoms with Crippen LogP contribution in [-0.4, -0.2) is 19.1 Å². The fourth-order valence-electron chi connectivity index (χ4n) is 7.38. The zero-order valence-corrected chi connectivity index (χ0v) is 32.1. The predicted octanol–water partition coefficient (Wildman–Crippen LogP) is 11.6. The van der Waals surface area contributed by atoms with E-state index < -0.39 is 0 Å². The number of hydrogen-bond acceptors (Lipinski definition) is 3. The molecule has 9 aromatic rings. The molecule has 0 saturated heterocycles. The minimum Gasteiger partial charge on any atom is -0.458 e. The normalized spacial score (nSPS) is 12.2. The Bertz CT molecular complexity index is 2870. The summed E-state index contributed by atoms with van der Waals surface area (Å²) in [5.74, 6) is 3.00. The van der Waals surface area contributed by atoms with Crippen LogP contribution in [0.4, 0.5) is 0 Å². The Morgan fingerprint density at radius 1 is 0.527 bits per heavy atom. The van der Waals surface area contributed by atoms with Crippen molar-refractivity contribution in [3.63, 3.8) is 0 Å². The third-order valence-electron chi connectivity index (χ3n) is 10.4. The molecule has 9 rings (SSSR count). The number of imidazole rings is 1. The van der Waals surface area contributed by atoms with Gasteiger partial charge in [0.2, 0.25) is 0 Å². The number of ether oxygens (including phenoxy) is 1. The predicted molar refractivity (Wildman–Crippen MR) is 223 cm³/mol. The molecule has 55 heavy (non-hydrogen) atoms. The van der Waals surface area contributed by atoms with Gasteiger partial charge in [0.05, 0.1) is 27.8 Å². The molecular formula is C49H43N5O. The lowest BCUT2D eigenvalue weighted by Crippen LogP contribution is -2.30. The van der Waals surface area contributed by atoms with E-state index in [0.717, 1.165) is 44.7 Å². The summed E-state index contributed by atoms with van der Waals surface area (Å²) in [5, 5.41) is 2.32. The number of hydrogen-bond donors (Lipinski definition) is 0. The molecule has 270 valence electrons. The molecule has 0 saturated carbocycles. The van der Waals surface area contributed by atoms with Gasteiger partial charge in [-0.2, -0.15) is 0 Å². The highest BCUT2D eigenvalue weighted by atomic mass is 16.5. The van der Waals surface area contributed by atoms with Crippen molar-refractivity contribution in [2.45, 2.75) is 52.4 Å². The number of nitrogens with zero attached hydrogens (tertiary/aromatic N) is 5. The SMILES string of the molecule is CC(C)(C)c1cc(-c2ccccc2)cc(-[n+]2[c-]n(-c3cc(Oc4ccc5c6ccccc6n(-c6cc(C(C)(C)C)ccn6)c5c4)ccn3)c3ccccc32)c1. The van der Waals surface area contributed by atoms with E-state index in [-0.39, 0.29) is 10.8 Å². The van der Waals surface area contributed by atoms with Crippen LogP contribution in [0.1, 0.15) is 52.7 Å². The average molecular weight is 718 g/mol. The highest BCUT2D eigenvalue weighted by Gasteiger charge is 2.21. The van der Waals surface area contributed by atoms with E-state index in [1.807, 2.05) is 29.0 Å². The van der Waals surface area contributed by atoms with Gasteiger partial charge in [0.15, 0.2) is 5.82 Å². The van der Waals surface area contributed by atoms with E-state index in [1.54, 1.807) is 6.20 Å². The topological polar surface area (TPSA) is 48.8 Å². The molecule has 0 aliphatic rings. The number of fused-ring (bicyclic) bond motifs is 4. The zero-order valence-electron chi connectivity index (χ0n) is 32.1. The first-order valence-electron chi connectivity index (χ1n) is 18.8. The average Bonchev–Trinajstić information content (AvgIpc) is 3.74. The van der Waals surface area contributed by atoms with Gasteiger partial charge in [-0.05, 0) is 81.6 Å². The molecule has 6 heteroatoms. The summed E-state index contributed by atoms with van der Waals surface area (Å²) in [4.78, 5) is 9.66. The number of para-hydroxylation sites is 3. The lowest BCUT2D eigenvalue weighted by molar-refractivity contribution is -0.572. The first-order chi connectivity index (χ1) is 26.5. The summed E-state index contributed by atoms with van der Waals surface area (Å²) in [6, 6.07) is 48.7. The second-order valence-electron chi connectivity index (χ2n) is 16.3. The molecule has 0 spiro atoms. The molecule has 0 fully saturated rings. The Morgan fingerprint density at radius 3 is 2.00 bits per heavy atom. The molecule has 4 heterocycles. The molecule has 0 bridgehead atoms. The first-order valence-corrected chi connectivity index (χ1v) is 18.8. The van der Waals surface area contributed by atoms with Crippen LogP contribution in [0.25, 0.3) is 61.3 Å². The quantitative estimate of drug-likeness (QED) is 0.127. The molecule has 0 aliphatic carbocycles. The highest BCUT2D eigenvalue weighted by molar-refractivity contribution is 6.09. The summed E-state index contributed by atoms with van der Waals surface area (Å²) in [6.07, 6.45) is 7.36. The Hall–Kier alpha value is -6.53. The molecule has 6 nitrogen and oxygen atoms in total. The first kappa shape index (κ1) is 34.3. The fourth-order valence-corrected chi connectivity index (χ4v) is 7.38. The van der Waals surface area contributed by atoms with E-state index >= 15 is 0 Å². The third kappa shape index (κ3) is 6.33. The van der Waals surface area contributed by atoms with Gasteiger partial charge < -0.3 is 4.74 Å². The van der Waals surface area contributed by atoms with Crippen LogP contribution < -0.4 is 9.30 Å². The van der Waals surface area contributed by atoms with Crippen LogP contribution in [0.5, 0.6) is 11.5 Å².